The van der Waals surface area contributed by atoms with Crippen LogP contribution in [0.25, 0.3) is 0 Å². The molecular formula is C15H14BrNO2S. The molecule has 2 rings (SSSR count). The van der Waals surface area contributed by atoms with Gasteiger partial charge in [0.1, 0.15) is 5.75 Å². The van der Waals surface area contributed by atoms with Crippen LogP contribution in [0.1, 0.15) is 10.4 Å². The molecule has 104 valence electrons. The number of carbonyl (C=O) groups excluding carboxylic acids is 1. The van der Waals surface area contributed by atoms with Crippen LogP contribution in [0.4, 0.5) is 5.69 Å². The summed E-state index contributed by atoms with van der Waals surface area (Å²) in [6, 6.07) is 13.0. The monoisotopic (exact) mass is 351 g/mol. The second-order valence-electron chi connectivity index (χ2n) is 4.03. The lowest BCUT2D eigenvalue weighted by Crippen LogP contribution is -2.11. The first-order valence-electron chi connectivity index (χ1n) is 5.93. The number of carbonyl (C=O) groups is 1. The van der Waals surface area contributed by atoms with Gasteiger partial charge in [-0.2, -0.15) is 0 Å². The molecule has 2 aromatic carbocycles. The van der Waals surface area contributed by atoms with Crippen molar-refractivity contribution in [2.75, 3.05) is 18.7 Å². The molecule has 3 nitrogen and oxygen atoms in total. The van der Waals surface area contributed by atoms with E-state index in [9.17, 15) is 4.79 Å². The van der Waals surface area contributed by atoms with Gasteiger partial charge in [-0.15, -0.1) is 11.8 Å². The van der Waals surface area contributed by atoms with E-state index in [2.05, 4.69) is 21.2 Å². The van der Waals surface area contributed by atoms with E-state index in [1.54, 1.807) is 37.1 Å². The van der Waals surface area contributed by atoms with Gasteiger partial charge in [0.05, 0.1) is 11.6 Å². The zero-order chi connectivity index (χ0) is 14.5. The van der Waals surface area contributed by atoms with Gasteiger partial charge < -0.3 is 10.1 Å². The van der Waals surface area contributed by atoms with E-state index in [-0.39, 0.29) is 5.91 Å². The molecule has 0 aliphatic heterocycles. The lowest BCUT2D eigenvalue weighted by molar-refractivity contribution is 0.102. The third-order valence-electron chi connectivity index (χ3n) is 2.76. The molecule has 1 N–H and O–H groups in total. The molecule has 5 heteroatoms. The van der Waals surface area contributed by atoms with E-state index in [4.69, 9.17) is 4.74 Å². The van der Waals surface area contributed by atoms with Crippen LogP contribution in [0, 0.1) is 0 Å². The van der Waals surface area contributed by atoms with Crippen molar-refractivity contribution in [1.29, 1.82) is 0 Å². The second kappa shape index (κ2) is 6.81. The molecule has 0 aromatic heterocycles. The van der Waals surface area contributed by atoms with Crippen LogP contribution < -0.4 is 10.1 Å². The SMILES string of the molecule is COc1ccc(C(=O)Nc2ccc(SC)cc2)cc1Br. The molecule has 0 bridgehead atoms. The Bertz CT molecular complexity index is 614. The number of ether oxygens (including phenoxy) is 1. The van der Waals surface area contributed by atoms with E-state index < -0.39 is 0 Å². The normalized spacial score (nSPS) is 10.2. The Balaban J connectivity index is 2.12. The number of thioether (sulfide) groups is 1. The highest BCUT2D eigenvalue weighted by molar-refractivity contribution is 9.10. The summed E-state index contributed by atoms with van der Waals surface area (Å²) in [7, 11) is 1.59. The van der Waals surface area contributed by atoms with Crippen molar-refractivity contribution in [2.24, 2.45) is 0 Å². The van der Waals surface area contributed by atoms with Crippen molar-refractivity contribution < 1.29 is 9.53 Å². The number of anilines is 1. The lowest BCUT2D eigenvalue weighted by Gasteiger charge is -2.08. The van der Waals surface area contributed by atoms with Crippen LogP contribution in [0.5, 0.6) is 5.75 Å². The zero-order valence-corrected chi connectivity index (χ0v) is 13.5. The smallest absolute Gasteiger partial charge is 0.255 e. The molecular weight excluding hydrogens is 338 g/mol. The number of amides is 1. The topological polar surface area (TPSA) is 38.3 Å². The van der Waals surface area contributed by atoms with E-state index in [0.29, 0.717) is 11.3 Å². The minimum Gasteiger partial charge on any atom is -0.496 e. The quantitative estimate of drug-likeness (QED) is 0.828. The third-order valence-corrected chi connectivity index (χ3v) is 4.13. The average molecular weight is 352 g/mol. The fourth-order valence-electron chi connectivity index (χ4n) is 1.69. The van der Waals surface area contributed by atoms with Gasteiger partial charge in [0.25, 0.3) is 5.91 Å². The minimum absolute atomic E-state index is 0.148. The Morgan fingerprint density at radius 2 is 1.90 bits per heavy atom. The number of benzene rings is 2. The van der Waals surface area contributed by atoms with Gasteiger partial charge in [0.15, 0.2) is 0 Å². The Kier molecular flexibility index (Phi) is 5.09. The molecule has 2 aromatic rings. The standard InChI is InChI=1S/C15H14BrNO2S/c1-19-14-8-3-10(9-13(14)16)15(18)17-11-4-6-12(20-2)7-5-11/h3-9H,1-2H3,(H,17,18). The van der Waals surface area contributed by atoms with Crippen LogP contribution in [-0.4, -0.2) is 19.3 Å². The van der Waals surface area contributed by atoms with Crippen LogP contribution in [0.2, 0.25) is 0 Å². The summed E-state index contributed by atoms with van der Waals surface area (Å²) in [4.78, 5) is 13.3. The predicted molar refractivity (Wildman–Crippen MR) is 86.9 cm³/mol. The van der Waals surface area contributed by atoms with Crippen LogP contribution >= 0.6 is 27.7 Å². The summed E-state index contributed by atoms with van der Waals surface area (Å²) in [6.45, 7) is 0. The highest BCUT2D eigenvalue weighted by Crippen LogP contribution is 2.26. The van der Waals surface area contributed by atoms with Gasteiger partial charge in [-0.25, -0.2) is 0 Å². The first-order chi connectivity index (χ1) is 9.63. The van der Waals surface area contributed by atoms with Crippen LogP contribution in [0.3, 0.4) is 0 Å². The summed E-state index contributed by atoms with van der Waals surface area (Å²) >= 11 is 5.04. The van der Waals surface area contributed by atoms with E-state index in [1.165, 1.54) is 0 Å². The van der Waals surface area contributed by atoms with Gasteiger partial charge in [-0.1, -0.05) is 0 Å². The van der Waals surface area contributed by atoms with Gasteiger partial charge in [0.2, 0.25) is 0 Å². The first-order valence-corrected chi connectivity index (χ1v) is 7.94. The number of rotatable bonds is 4. The van der Waals surface area contributed by atoms with Crippen molar-refractivity contribution in [3.8, 4) is 5.75 Å². The Labute approximate surface area is 130 Å². The average Bonchev–Trinajstić information content (AvgIpc) is 2.48. The molecule has 0 atom stereocenters. The molecule has 1 amide bonds. The van der Waals surface area contributed by atoms with E-state index in [1.807, 2.05) is 30.5 Å². The minimum atomic E-state index is -0.148. The molecule has 0 saturated carbocycles. The van der Waals surface area contributed by atoms with Gasteiger partial charge in [-0.3, -0.25) is 4.79 Å². The lowest BCUT2D eigenvalue weighted by atomic mass is 10.2. The summed E-state index contributed by atoms with van der Waals surface area (Å²) in [6.07, 6.45) is 2.02. The molecule has 0 unspecified atom stereocenters. The Morgan fingerprint density at radius 3 is 2.45 bits per heavy atom. The molecule has 0 aliphatic carbocycles. The van der Waals surface area contributed by atoms with Gasteiger partial charge >= 0.3 is 0 Å². The highest BCUT2D eigenvalue weighted by atomic mass is 79.9. The van der Waals surface area contributed by atoms with E-state index in [0.717, 1.165) is 15.1 Å². The van der Waals surface area contributed by atoms with Crippen molar-refractivity contribution in [2.45, 2.75) is 4.90 Å². The molecule has 20 heavy (non-hydrogen) atoms. The maximum absolute atomic E-state index is 12.1. The summed E-state index contributed by atoms with van der Waals surface area (Å²) < 4.78 is 5.90. The molecule has 0 heterocycles. The third kappa shape index (κ3) is 3.55. The number of nitrogens with one attached hydrogen (secondary N) is 1. The second-order valence-corrected chi connectivity index (χ2v) is 5.77. The Morgan fingerprint density at radius 1 is 1.20 bits per heavy atom. The van der Waals surface area contributed by atoms with Gasteiger partial charge in [-0.05, 0) is 64.7 Å². The van der Waals surface area contributed by atoms with Crippen molar-refractivity contribution in [3.05, 3.63) is 52.5 Å². The molecule has 0 spiro atoms. The predicted octanol–water partition coefficient (Wildman–Crippen LogP) is 4.43. The van der Waals surface area contributed by atoms with Gasteiger partial charge in [0, 0.05) is 16.1 Å². The molecule has 0 fully saturated rings. The van der Waals surface area contributed by atoms with Crippen LogP contribution in [0.15, 0.2) is 51.8 Å². The summed E-state index contributed by atoms with van der Waals surface area (Å²) in [5.74, 6) is 0.552. The van der Waals surface area contributed by atoms with Crippen molar-refractivity contribution >= 4 is 39.3 Å². The number of hydrogen-bond acceptors (Lipinski definition) is 3. The first kappa shape index (κ1) is 14.9. The van der Waals surface area contributed by atoms with Crippen molar-refractivity contribution in [1.82, 2.24) is 0 Å². The number of halogens is 1. The molecule has 0 aliphatic rings. The van der Waals surface area contributed by atoms with E-state index >= 15 is 0 Å². The summed E-state index contributed by atoms with van der Waals surface area (Å²) in [5, 5.41) is 2.86. The summed E-state index contributed by atoms with van der Waals surface area (Å²) in [5.41, 5.74) is 1.35. The number of hydrogen-bond donors (Lipinski definition) is 1. The Hall–Kier alpha value is -1.46. The fourth-order valence-corrected chi connectivity index (χ4v) is 2.63. The zero-order valence-electron chi connectivity index (χ0n) is 11.1. The largest absolute Gasteiger partial charge is 0.496 e. The molecule has 0 saturated heterocycles. The molecule has 0 radical (unpaired) electrons. The van der Waals surface area contributed by atoms with Crippen LogP contribution in [-0.2, 0) is 0 Å². The number of methoxy groups -OCH3 is 1. The maximum atomic E-state index is 12.1. The highest BCUT2D eigenvalue weighted by Gasteiger charge is 2.09. The fraction of sp³-hybridized carbons (Fsp3) is 0.133. The maximum Gasteiger partial charge on any atom is 0.255 e. The van der Waals surface area contributed by atoms with Crippen molar-refractivity contribution in [3.63, 3.8) is 0 Å².